The quantitative estimate of drug-likeness (QED) is 0.869. The summed E-state index contributed by atoms with van der Waals surface area (Å²) in [6.45, 7) is 2.13. The minimum absolute atomic E-state index is 0.303. The highest BCUT2D eigenvalue weighted by molar-refractivity contribution is 6.30. The highest BCUT2D eigenvalue weighted by atomic mass is 35.5. The molecule has 3 heteroatoms. The first kappa shape index (κ1) is 12.8. The van der Waals surface area contributed by atoms with Crippen LogP contribution in [0.1, 0.15) is 12.5 Å². The fraction of sp³-hybridized carbons (Fsp3) is 0.200. The van der Waals surface area contributed by atoms with E-state index in [0.29, 0.717) is 11.8 Å². The summed E-state index contributed by atoms with van der Waals surface area (Å²) in [7, 11) is 0. The Bertz CT molecular complexity index is 445. The maximum Gasteiger partial charge on any atom is 0.115 e. The number of phenolic OH excluding ortho intramolecular Hbond substituents is 1. The third-order valence-corrected chi connectivity index (χ3v) is 2.99. The number of anilines is 1. The normalized spacial score (nSPS) is 12.1. The minimum Gasteiger partial charge on any atom is -0.508 e. The molecule has 2 aromatic carbocycles. The molecule has 0 amide bonds. The van der Waals surface area contributed by atoms with E-state index < -0.39 is 0 Å². The van der Waals surface area contributed by atoms with Gasteiger partial charge in [0.2, 0.25) is 0 Å². The number of halogens is 1. The smallest absolute Gasteiger partial charge is 0.115 e. The molecule has 0 radical (unpaired) electrons. The molecule has 0 heterocycles. The summed E-state index contributed by atoms with van der Waals surface area (Å²) >= 11 is 5.84. The maximum absolute atomic E-state index is 9.22. The lowest BCUT2D eigenvalue weighted by Gasteiger charge is -2.15. The van der Waals surface area contributed by atoms with Crippen molar-refractivity contribution in [1.29, 1.82) is 0 Å². The average molecular weight is 262 g/mol. The van der Waals surface area contributed by atoms with Crippen LogP contribution in [0.4, 0.5) is 5.69 Å². The Hall–Kier alpha value is -1.67. The molecule has 0 aliphatic heterocycles. The lowest BCUT2D eigenvalue weighted by Crippen LogP contribution is -2.17. The average Bonchev–Trinajstić information content (AvgIpc) is 2.35. The van der Waals surface area contributed by atoms with Gasteiger partial charge in [0.1, 0.15) is 5.75 Å². The highest BCUT2D eigenvalue weighted by Crippen LogP contribution is 2.16. The van der Waals surface area contributed by atoms with Crippen molar-refractivity contribution in [1.82, 2.24) is 0 Å². The van der Waals surface area contributed by atoms with Crippen LogP contribution >= 0.6 is 11.6 Å². The van der Waals surface area contributed by atoms with Crippen LogP contribution < -0.4 is 5.32 Å². The zero-order chi connectivity index (χ0) is 13.0. The summed E-state index contributed by atoms with van der Waals surface area (Å²) in [6, 6.07) is 15.3. The molecule has 0 aliphatic rings. The molecule has 18 heavy (non-hydrogen) atoms. The molecule has 0 aromatic heterocycles. The second-order valence-electron chi connectivity index (χ2n) is 4.42. The molecule has 0 saturated heterocycles. The molecule has 0 bridgehead atoms. The summed E-state index contributed by atoms with van der Waals surface area (Å²) in [5.74, 6) is 0.303. The van der Waals surface area contributed by atoms with Crippen LogP contribution in [0, 0.1) is 0 Å². The predicted molar refractivity (Wildman–Crippen MR) is 76.3 cm³/mol. The zero-order valence-electron chi connectivity index (χ0n) is 10.2. The Labute approximate surface area is 112 Å². The van der Waals surface area contributed by atoms with Crippen LogP contribution in [0.2, 0.25) is 5.02 Å². The van der Waals surface area contributed by atoms with E-state index in [1.54, 1.807) is 12.1 Å². The summed E-state index contributed by atoms with van der Waals surface area (Å²) < 4.78 is 0. The SMILES string of the molecule is CC(Cc1ccc(O)cc1)Nc1ccc(Cl)cc1. The first-order valence-corrected chi connectivity index (χ1v) is 6.31. The van der Waals surface area contributed by atoms with Crippen LogP contribution in [0.5, 0.6) is 5.75 Å². The predicted octanol–water partition coefficient (Wildman–Crippen LogP) is 4.09. The van der Waals surface area contributed by atoms with E-state index in [1.807, 2.05) is 36.4 Å². The van der Waals surface area contributed by atoms with E-state index in [0.717, 1.165) is 17.1 Å². The topological polar surface area (TPSA) is 32.3 Å². The number of hydrogen-bond donors (Lipinski definition) is 2. The van der Waals surface area contributed by atoms with Crippen LogP contribution in [0.25, 0.3) is 0 Å². The Morgan fingerprint density at radius 1 is 1.06 bits per heavy atom. The molecule has 0 fully saturated rings. The molecule has 1 atom stereocenters. The van der Waals surface area contributed by atoms with Crippen molar-refractivity contribution >= 4 is 17.3 Å². The summed E-state index contributed by atoms with van der Waals surface area (Å²) in [5, 5.41) is 13.4. The molecule has 0 saturated carbocycles. The van der Waals surface area contributed by atoms with Crippen LogP contribution in [-0.4, -0.2) is 11.1 Å². The van der Waals surface area contributed by atoms with E-state index in [2.05, 4.69) is 12.2 Å². The molecule has 2 N–H and O–H groups in total. The molecule has 94 valence electrons. The van der Waals surface area contributed by atoms with E-state index in [1.165, 1.54) is 5.56 Å². The summed E-state index contributed by atoms with van der Waals surface area (Å²) in [5.41, 5.74) is 2.26. The van der Waals surface area contributed by atoms with Gasteiger partial charge in [-0.25, -0.2) is 0 Å². The number of phenols is 1. The van der Waals surface area contributed by atoms with Crippen LogP contribution in [0.15, 0.2) is 48.5 Å². The second-order valence-corrected chi connectivity index (χ2v) is 4.86. The Balaban J connectivity index is 1.94. The largest absolute Gasteiger partial charge is 0.508 e. The lowest BCUT2D eigenvalue weighted by atomic mass is 10.1. The number of nitrogens with one attached hydrogen (secondary N) is 1. The minimum atomic E-state index is 0.303. The van der Waals surface area contributed by atoms with Crippen LogP contribution in [0.3, 0.4) is 0 Å². The van der Waals surface area contributed by atoms with Gasteiger partial charge >= 0.3 is 0 Å². The second kappa shape index (κ2) is 5.78. The van der Waals surface area contributed by atoms with Crippen molar-refractivity contribution in [3.8, 4) is 5.75 Å². The maximum atomic E-state index is 9.22. The zero-order valence-corrected chi connectivity index (χ0v) is 11.0. The number of hydrogen-bond acceptors (Lipinski definition) is 2. The van der Waals surface area contributed by atoms with E-state index in [4.69, 9.17) is 11.6 Å². The third-order valence-electron chi connectivity index (χ3n) is 2.74. The molecular formula is C15H16ClNO. The fourth-order valence-corrected chi connectivity index (χ4v) is 1.99. The van der Waals surface area contributed by atoms with Gasteiger partial charge in [-0.3, -0.25) is 0 Å². The van der Waals surface area contributed by atoms with Gasteiger partial charge in [0, 0.05) is 16.8 Å². The van der Waals surface area contributed by atoms with Crippen molar-refractivity contribution in [3.63, 3.8) is 0 Å². The fourth-order valence-electron chi connectivity index (χ4n) is 1.87. The summed E-state index contributed by atoms with van der Waals surface area (Å²) in [6.07, 6.45) is 0.906. The standard InChI is InChI=1S/C15H16ClNO/c1-11(10-12-2-8-15(18)9-3-12)17-14-6-4-13(16)5-7-14/h2-9,11,17-18H,10H2,1H3. The Kier molecular flexibility index (Phi) is 4.11. The van der Waals surface area contributed by atoms with Crippen molar-refractivity contribution in [2.75, 3.05) is 5.32 Å². The van der Waals surface area contributed by atoms with Crippen molar-refractivity contribution < 1.29 is 5.11 Å². The molecule has 2 rings (SSSR count). The van der Waals surface area contributed by atoms with Crippen LogP contribution in [-0.2, 0) is 6.42 Å². The van der Waals surface area contributed by atoms with E-state index >= 15 is 0 Å². The molecular weight excluding hydrogens is 246 g/mol. The lowest BCUT2D eigenvalue weighted by molar-refractivity contribution is 0.475. The van der Waals surface area contributed by atoms with Gasteiger partial charge < -0.3 is 10.4 Å². The Morgan fingerprint density at radius 2 is 1.67 bits per heavy atom. The third kappa shape index (κ3) is 3.67. The van der Waals surface area contributed by atoms with Gasteiger partial charge in [-0.1, -0.05) is 23.7 Å². The first-order valence-electron chi connectivity index (χ1n) is 5.93. The van der Waals surface area contributed by atoms with Gasteiger partial charge in [0.15, 0.2) is 0 Å². The van der Waals surface area contributed by atoms with Crippen molar-refractivity contribution in [2.45, 2.75) is 19.4 Å². The monoisotopic (exact) mass is 261 g/mol. The number of aromatic hydroxyl groups is 1. The van der Waals surface area contributed by atoms with E-state index in [-0.39, 0.29) is 0 Å². The number of benzene rings is 2. The molecule has 2 nitrogen and oxygen atoms in total. The Morgan fingerprint density at radius 3 is 2.28 bits per heavy atom. The van der Waals surface area contributed by atoms with Gasteiger partial charge in [0.05, 0.1) is 0 Å². The number of rotatable bonds is 4. The summed E-state index contributed by atoms with van der Waals surface area (Å²) in [4.78, 5) is 0. The highest BCUT2D eigenvalue weighted by Gasteiger charge is 2.03. The first-order chi connectivity index (χ1) is 8.63. The van der Waals surface area contributed by atoms with Gasteiger partial charge in [-0.2, -0.15) is 0 Å². The van der Waals surface area contributed by atoms with Gasteiger partial charge in [-0.15, -0.1) is 0 Å². The van der Waals surface area contributed by atoms with Gasteiger partial charge in [-0.05, 0) is 55.3 Å². The van der Waals surface area contributed by atoms with Gasteiger partial charge in [0.25, 0.3) is 0 Å². The molecule has 0 aliphatic carbocycles. The molecule has 1 unspecified atom stereocenters. The van der Waals surface area contributed by atoms with Crippen molar-refractivity contribution in [3.05, 3.63) is 59.1 Å². The van der Waals surface area contributed by atoms with E-state index in [9.17, 15) is 5.11 Å². The van der Waals surface area contributed by atoms with Crippen molar-refractivity contribution in [2.24, 2.45) is 0 Å². The molecule has 0 spiro atoms. The molecule has 2 aromatic rings.